The number of halogens is 1. The standard InChI is InChI=1S/C28H30ClN3O3S/c1-28(2,3)22-9-7-21(8-10-22)20-31-15-17-32(18-16-31)36(33,34)24-13-11-23(12-14-24)35-27-6-4-5-26(29)25(27)19-30/h4-14H,15-18,20H2,1-3H3. The average molecular weight is 524 g/mol. The van der Waals surface area contributed by atoms with Gasteiger partial charge in [-0.3, -0.25) is 4.90 Å². The van der Waals surface area contributed by atoms with E-state index >= 15 is 0 Å². The van der Waals surface area contributed by atoms with Crippen LogP contribution in [0.5, 0.6) is 11.5 Å². The highest BCUT2D eigenvalue weighted by molar-refractivity contribution is 7.89. The molecule has 1 aliphatic heterocycles. The van der Waals surface area contributed by atoms with Crippen molar-refractivity contribution in [1.82, 2.24) is 9.21 Å². The van der Waals surface area contributed by atoms with Crippen LogP contribution in [-0.2, 0) is 22.0 Å². The van der Waals surface area contributed by atoms with E-state index < -0.39 is 10.0 Å². The fourth-order valence-electron chi connectivity index (χ4n) is 4.15. The van der Waals surface area contributed by atoms with Crippen molar-refractivity contribution < 1.29 is 13.2 Å². The molecule has 0 saturated carbocycles. The zero-order chi connectivity index (χ0) is 25.9. The van der Waals surface area contributed by atoms with E-state index in [1.165, 1.54) is 27.6 Å². The quantitative estimate of drug-likeness (QED) is 0.407. The van der Waals surface area contributed by atoms with Crippen LogP contribution in [0.15, 0.2) is 71.6 Å². The summed E-state index contributed by atoms with van der Waals surface area (Å²) in [5, 5.41) is 9.61. The van der Waals surface area contributed by atoms with Crippen molar-refractivity contribution in [3.05, 3.63) is 88.4 Å². The molecule has 0 radical (unpaired) electrons. The van der Waals surface area contributed by atoms with Gasteiger partial charge in [0.25, 0.3) is 0 Å². The fraction of sp³-hybridized carbons (Fsp3) is 0.321. The summed E-state index contributed by atoms with van der Waals surface area (Å²) in [6.45, 7) is 9.63. The summed E-state index contributed by atoms with van der Waals surface area (Å²) in [4.78, 5) is 2.50. The third-order valence-electron chi connectivity index (χ3n) is 6.33. The number of ether oxygens (including phenoxy) is 1. The number of sulfonamides is 1. The smallest absolute Gasteiger partial charge is 0.243 e. The first-order chi connectivity index (χ1) is 17.1. The van der Waals surface area contributed by atoms with Gasteiger partial charge in [-0.2, -0.15) is 9.57 Å². The minimum atomic E-state index is -3.61. The summed E-state index contributed by atoms with van der Waals surface area (Å²) in [7, 11) is -3.61. The van der Waals surface area contributed by atoms with Crippen molar-refractivity contribution in [2.75, 3.05) is 26.2 Å². The van der Waals surface area contributed by atoms with E-state index in [2.05, 4.69) is 49.9 Å². The third-order valence-corrected chi connectivity index (χ3v) is 8.56. The molecule has 188 valence electrons. The van der Waals surface area contributed by atoms with Gasteiger partial charge in [-0.1, -0.05) is 62.7 Å². The molecule has 36 heavy (non-hydrogen) atoms. The second-order valence-electron chi connectivity index (χ2n) is 9.93. The number of hydrogen-bond acceptors (Lipinski definition) is 5. The van der Waals surface area contributed by atoms with Crippen molar-refractivity contribution in [2.24, 2.45) is 0 Å². The van der Waals surface area contributed by atoms with Crippen LogP contribution in [0.3, 0.4) is 0 Å². The van der Waals surface area contributed by atoms with Gasteiger partial charge >= 0.3 is 0 Å². The lowest BCUT2D eigenvalue weighted by atomic mass is 9.87. The van der Waals surface area contributed by atoms with Crippen LogP contribution in [-0.4, -0.2) is 43.8 Å². The van der Waals surface area contributed by atoms with Gasteiger partial charge in [-0.05, 0) is 52.9 Å². The summed E-state index contributed by atoms with van der Waals surface area (Å²) >= 11 is 6.05. The number of benzene rings is 3. The summed E-state index contributed by atoms with van der Waals surface area (Å²) < 4.78 is 33.7. The highest BCUT2D eigenvalue weighted by Crippen LogP contribution is 2.31. The first-order valence-electron chi connectivity index (χ1n) is 11.9. The molecule has 0 bridgehead atoms. The molecule has 1 saturated heterocycles. The van der Waals surface area contributed by atoms with Crippen molar-refractivity contribution in [1.29, 1.82) is 5.26 Å². The second-order valence-corrected chi connectivity index (χ2v) is 12.3. The number of nitriles is 1. The highest BCUT2D eigenvalue weighted by atomic mass is 35.5. The van der Waals surface area contributed by atoms with E-state index in [0.29, 0.717) is 42.7 Å². The Kier molecular flexibility index (Phi) is 7.72. The monoisotopic (exact) mass is 523 g/mol. The van der Waals surface area contributed by atoms with Crippen molar-refractivity contribution in [3.8, 4) is 17.6 Å². The van der Waals surface area contributed by atoms with E-state index in [1.54, 1.807) is 30.3 Å². The molecule has 0 spiro atoms. The number of rotatable bonds is 6. The third kappa shape index (κ3) is 5.91. The molecule has 0 aliphatic carbocycles. The molecule has 0 amide bonds. The van der Waals surface area contributed by atoms with Crippen molar-refractivity contribution in [3.63, 3.8) is 0 Å². The number of nitrogens with zero attached hydrogens (tertiary/aromatic N) is 3. The van der Waals surface area contributed by atoms with Gasteiger partial charge < -0.3 is 4.74 Å². The predicted molar refractivity (Wildman–Crippen MR) is 142 cm³/mol. The maximum Gasteiger partial charge on any atom is 0.243 e. The zero-order valence-electron chi connectivity index (χ0n) is 20.7. The predicted octanol–water partition coefficient (Wildman–Crippen LogP) is 5.81. The minimum Gasteiger partial charge on any atom is -0.456 e. The maximum absolute atomic E-state index is 13.2. The van der Waals surface area contributed by atoms with Crippen molar-refractivity contribution >= 4 is 21.6 Å². The Morgan fingerprint density at radius 2 is 1.58 bits per heavy atom. The van der Waals surface area contributed by atoms with Crippen LogP contribution in [0.4, 0.5) is 0 Å². The molecule has 0 aromatic heterocycles. The van der Waals surface area contributed by atoms with Gasteiger partial charge in [0.05, 0.1) is 9.92 Å². The summed E-state index contributed by atoms with van der Waals surface area (Å²) in [6.07, 6.45) is 0. The van der Waals surface area contributed by atoms with Crippen LogP contribution in [0.1, 0.15) is 37.5 Å². The molecule has 3 aromatic rings. The normalized spacial score (nSPS) is 15.4. The zero-order valence-corrected chi connectivity index (χ0v) is 22.3. The van der Waals surface area contributed by atoms with Gasteiger partial charge in [-0.25, -0.2) is 8.42 Å². The van der Waals surface area contributed by atoms with Crippen molar-refractivity contribution in [2.45, 2.75) is 37.6 Å². The topological polar surface area (TPSA) is 73.6 Å². The van der Waals surface area contributed by atoms with Gasteiger partial charge in [0.1, 0.15) is 23.1 Å². The highest BCUT2D eigenvalue weighted by Gasteiger charge is 2.28. The summed E-state index contributed by atoms with van der Waals surface area (Å²) in [5.41, 5.74) is 2.89. The van der Waals surface area contributed by atoms with E-state index in [9.17, 15) is 13.7 Å². The lowest BCUT2D eigenvalue weighted by Crippen LogP contribution is -2.48. The average Bonchev–Trinajstić information content (AvgIpc) is 2.85. The molecule has 0 unspecified atom stereocenters. The molecule has 1 fully saturated rings. The minimum absolute atomic E-state index is 0.123. The van der Waals surface area contributed by atoms with Gasteiger partial charge in [0.2, 0.25) is 10.0 Å². The van der Waals surface area contributed by atoms with Crippen LogP contribution < -0.4 is 4.74 Å². The molecular weight excluding hydrogens is 494 g/mol. The van der Waals surface area contributed by atoms with E-state index in [-0.39, 0.29) is 15.9 Å². The molecular formula is C28H30ClN3O3S. The lowest BCUT2D eigenvalue weighted by molar-refractivity contribution is 0.181. The fourth-order valence-corrected chi connectivity index (χ4v) is 5.78. The van der Waals surface area contributed by atoms with Gasteiger partial charge in [0.15, 0.2) is 0 Å². The summed E-state index contributed by atoms with van der Waals surface area (Å²) in [6, 6.07) is 21.9. The molecule has 8 heteroatoms. The number of hydrogen-bond donors (Lipinski definition) is 0. The van der Waals surface area contributed by atoms with Gasteiger partial charge in [-0.15, -0.1) is 0 Å². The molecule has 0 N–H and O–H groups in total. The van der Waals surface area contributed by atoms with Gasteiger partial charge in [0, 0.05) is 32.7 Å². The molecule has 1 aliphatic rings. The van der Waals surface area contributed by atoms with Crippen LogP contribution in [0, 0.1) is 11.3 Å². The number of piperazine rings is 1. The van der Waals surface area contributed by atoms with E-state index in [0.717, 1.165) is 6.54 Å². The van der Waals surface area contributed by atoms with Crippen LogP contribution in [0.2, 0.25) is 5.02 Å². The van der Waals surface area contributed by atoms with Crippen LogP contribution >= 0.6 is 11.6 Å². The Morgan fingerprint density at radius 1 is 0.944 bits per heavy atom. The molecule has 4 rings (SSSR count). The Labute approximate surface area is 218 Å². The lowest BCUT2D eigenvalue weighted by Gasteiger charge is -2.34. The summed E-state index contributed by atoms with van der Waals surface area (Å²) in [5.74, 6) is 0.750. The molecule has 1 heterocycles. The Bertz CT molecular complexity index is 1350. The second kappa shape index (κ2) is 10.6. The van der Waals surface area contributed by atoms with E-state index in [1.807, 2.05) is 6.07 Å². The maximum atomic E-state index is 13.2. The first kappa shape index (κ1) is 26.2. The molecule has 3 aromatic carbocycles. The van der Waals surface area contributed by atoms with E-state index in [4.69, 9.17) is 16.3 Å². The van der Waals surface area contributed by atoms with Crippen LogP contribution in [0.25, 0.3) is 0 Å². The largest absolute Gasteiger partial charge is 0.456 e. The molecule has 0 atom stereocenters. The SMILES string of the molecule is CC(C)(C)c1ccc(CN2CCN(S(=O)(=O)c3ccc(Oc4cccc(Cl)c4C#N)cc3)CC2)cc1. The molecule has 6 nitrogen and oxygen atoms in total. The first-order valence-corrected chi connectivity index (χ1v) is 13.7. The Balaban J connectivity index is 1.36. The Morgan fingerprint density at radius 3 is 2.17 bits per heavy atom. The Hall–Kier alpha value is -2.89.